The zero-order chi connectivity index (χ0) is 8.15. The second-order valence-electron chi connectivity index (χ2n) is 2.15. The Morgan fingerprint density at radius 2 is 2.10 bits per heavy atom. The molecule has 0 aliphatic rings. The van der Waals surface area contributed by atoms with Gasteiger partial charge in [0.15, 0.2) is 0 Å². The van der Waals surface area contributed by atoms with E-state index < -0.39 is 0 Å². The fourth-order valence-electron chi connectivity index (χ4n) is 0.576. The number of hydrogen-bond donors (Lipinski definition) is 2. The van der Waals surface area contributed by atoms with Crippen molar-refractivity contribution in [1.29, 1.82) is 0 Å². The molecule has 0 saturated carbocycles. The summed E-state index contributed by atoms with van der Waals surface area (Å²) in [6.07, 6.45) is 1.69. The van der Waals surface area contributed by atoms with E-state index in [1.807, 2.05) is 26.0 Å². The fourth-order valence-corrected chi connectivity index (χ4v) is 0.576. The van der Waals surface area contributed by atoms with Crippen LogP contribution in [0.5, 0.6) is 0 Å². The average molecular weight is 141 g/mol. The van der Waals surface area contributed by atoms with E-state index in [1.54, 1.807) is 6.08 Å². The zero-order valence-electron chi connectivity index (χ0n) is 6.81. The van der Waals surface area contributed by atoms with Crippen LogP contribution in [0.1, 0.15) is 0 Å². The molecule has 10 heavy (non-hydrogen) atoms. The summed E-state index contributed by atoms with van der Waals surface area (Å²) in [4.78, 5) is 1.83. The first-order chi connectivity index (χ1) is 4.63. The summed E-state index contributed by atoms with van der Waals surface area (Å²) >= 11 is 0. The molecule has 0 spiro atoms. The number of rotatable bonds is 3. The molecule has 0 atom stereocenters. The maximum absolute atomic E-state index is 5.65. The molecule has 0 aromatic carbocycles. The Labute approximate surface area is 62.2 Å². The van der Waals surface area contributed by atoms with Crippen molar-refractivity contribution in [2.75, 3.05) is 21.1 Å². The van der Waals surface area contributed by atoms with E-state index in [9.17, 15) is 0 Å². The molecule has 0 aliphatic carbocycles. The normalized spacial score (nSPS) is 11.9. The van der Waals surface area contributed by atoms with Crippen molar-refractivity contribution in [2.45, 2.75) is 0 Å². The highest BCUT2D eigenvalue weighted by atomic mass is 15.2. The van der Waals surface area contributed by atoms with Crippen LogP contribution in [-0.4, -0.2) is 26.0 Å². The fraction of sp³-hybridized carbons (Fsp3) is 0.429. The Hall–Kier alpha value is -1.12. The molecule has 0 aliphatic heterocycles. The van der Waals surface area contributed by atoms with Crippen molar-refractivity contribution in [3.05, 3.63) is 24.2 Å². The SMILES string of the molecule is C=C/C(NC)=C(/N)N(C)C. The molecule has 3 heteroatoms. The number of allylic oxidation sites excluding steroid dienone is 1. The van der Waals surface area contributed by atoms with Gasteiger partial charge in [0.25, 0.3) is 0 Å². The van der Waals surface area contributed by atoms with Gasteiger partial charge >= 0.3 is 0 Å². The Balaban J connectivity index is 4.42. The Morgan fingerprint density at radius 3 is 2.20 bits per heavy atom. The van der Waals surface area contributed by atoms with Crippen LogP contribution >= 0.6 is 0 Å². The first kappa shape index (κ1) is 8.88. The third kappa shape index (κ3) is 2.01. The number of hydrogen-bond acceptors (Lipinski definition) is 3. The maximum Gasteiger partial charge on any atom is 0.122 e. The summed E-state index contributed by atoms with van der Waals surface area (Å²) in [5.74, 6) is 0.692. The highest BCUT2D eigenvalue weighted by Gasteiger charge is 1.97. The lowest BCUT2D eigenvalue weighted by atomic mass is 10.4. The molecule has 0 amide bonds. The number of nitrogens with one attached hydrogen (secondary N) is 1. The molecule has 58 valence electrons. The minimum atomic E-state index is 0.692. The molecule has 0 heterocycles. The van der Waals surface area contributed by atoms with Crippen LogP contribution in [0.25, 0.3) is 0 Å². The largest absolute Gasteiger partial charge is 0.385 e. The smallest absolute Gasteiger partial charge is 0.122 e. The topological polar surface area (TPSA) is 41.3 Å². The minimum absolute atomic E-state index is 0.692. The van der Waals surface area contributed by atoms with Gasteiger partial charge in [-0.05, 0) is 6.08 Å². The molecule has 0 bridgehead atoms. The van der Waals surface area contributed by atoms with Gasteiger partial charge in [-0.1, -0.05) is 6.58 Å². The predicted octanol–water partition coefficient (Wildman–Crippen LogP) is 0.0812. The summed E-state index contributed by atoms with van der Waals surface area (Å²) in [5, 5.41) is 2.93. The third-order valence-corrected chi connectivity index (χ3v) is 1.23. The van der Waals surface area contributed by atoms with Crippen LogP contribution < -0.4 is 11.1 Å². The lowest BCUT2D eigenvalue weighted by Gasteiger charge is -2.15. The van der Waals surface area contributed by atoms with E-state index in [1.165, 1.54) is 0 Å². The van der Waals surface area contributed by atoms with Gasteiger partial charge in [0.2, 0.25) is 0 Å². The van der Waals surface area contributed by atoms with Crippen LogP contribution in [0.15, 0.2) is 24.2 Å². The van der Waals surface area contributed by atoms with Crippen molar-refractivity contribution in [1.82, 2.24) is 10.2 Å². The molecule has 0 rings (SSSR count). The first-order valence-electron chi connectivity index (χ1n) is 3.10. The van der Waals surface area contributed by atoms with Crippen molar-refractivity contribution in [2.24, 2.45) is 5.73 Å². The quantitative estimate of drug-likeness (QED) is 0.547. The molecule has 0 fully saturated rings. The number of nitrogens with zero attached hydrogens (tertiary/aromatic N) is 1. The second kappa shape index (κ2) is 3.82. The predicted molar refractivity (Wildman–Crippen MR) is 44.2 cm³/mol. The Morgan fingerprint density at radius 1 is 1.60 bits per heavy atom. The summed E-state index contributed by atoms with van der Waals surface area (Å²) in [6.45, 7) is 3.61. The van der Waals surface area contributed by atoms with E-state index >= 15 is 0 Å². The number of likely N-dealkylation sites (N-methyl/N-ethyl adjacent to an activating group) is 1. The van der Waals surface area contributed by atoms with Gasteiger partial charge in [-0.15, -0.1) is 0 Å². The molecule has 0 aromatic heterocycles. The molecule has 0 unspecified atom stereocenters. The zero-order valence-corrected chi connectivity index (χ0v) is 6.81. The van der Waals surface area contributed by atoms with E-state index in [0.29, 0.717) is 5.82 Å². The molecular weight excluding hydrogens is 126 g/mol. The van der Waals surface area contributed by atoms with Crippen LogP contribution in [0.4, 0.5) is 0 Å². The summed E-state index contributed by atoms with van der Waals surface area (Å²) in [7, 11) is 5.58. The number of nitrogens with two attached hydrogens (primary N) is 1. The molecule has 3 N–H and O–H groups in total. The summed E-state index contributed by atoms with van der Waals surface area (Å²) in [5.41, 5.74) is 6.51. The van der Waals surface area contributed by atoms with Gasteiger partial charge in [-0.25, -0.2) is 0 Å². The Bertz CT molecular complexity index is 147. The maximum atomic E-state index is 5.65. The van der Waals surface area contributed by atoms with Gasteiger partial charge in [-0.2, -0.15) is 0 Å². The van der Waals surface area contributed by atoms with E-state index in [4.69, 9.17) is 5.73 Å². The van der Waals surface area contributed by atoms with E-state index in [-0.39, 0.29) is 0 Å². The van der Waals surface area contributed by atoms with Crippen molar-refractivity contribution in [3.8, 4) is 0 Å². The van der Waals surface area contributed by atoms with E-state index in [0.717, 1.165) is 5.70 Å². The third-order valence-electron chi connectivity index (χ3n) is 1.23. The highest BCUT2D eigenvalue weighted by molar-refractivity contribution is 5.18. The van der Waals surface area contributed by atoms with Gasteiger partial charge in [0.05, 0.1) is 5.70 Å². The first-order valence-corrected chi connectivity index (χ1v) is 3.10. The molecule has 0 saturated heterocycles. The van der Waals surface area contributed by atoms with Gasteiger partial charge in [0.1, 0.15) is 5.82 Å². The lowest BCUT2D eigenvalue weighted by molar-refractivity contribution is 0.496. The van der Waals surface area contributed by atoms with Gasteiger partial charge < -0.3 is 16.0 Å². The van der Waals surface area contributed by atoms with Crippen LogP contribution in [0, 0.1) is 0 Å². The second-order valence-corrected chi connectivity index (χ2v) is 2.15. The van der Waals surface area contributed by atoms with Crippen molar-refractivity contribution >= 4 is 0 Å². The van der Waals surface area contributed by atoms with Crippen LogP contribution in [-0.2, 0) is 0 Å². The summed E-state index contributed by atoms with van der Waals surface area (Å²) in [6, 6.07) is 0. The van der Waals surface area contributed by atoms with E-state index in [2.05, 4.69) is 11.9 Å². The standard InChI is InChI=1S/C7H15N3/c1-5-6(9-2)7(8)10(3)4/h5,9H,1,8H2,2-4H3/b7-6+. The average Bonchev–Trinajstić information content (AvgIpc) is 1.90. The molecular formula is C7H15N3. The highest BCUT2D eigenvalue weighted by Crippen LogP contribution is 1.96. The lowest BCUT2D eigenvalue weighted by Crippen LogP contribution is -2.24. The van der Waals surface area contributed by atoms with Gasteiger partial charge in [0, 0.05) is 21.1 Å². The molecule has 3 nitrogen and oxygen atoms in total. The van der Waals surface area contributed by atoms with Crippen molar-refractivity contribution < 1.29 is 0 Å². The molecule has 0 radical (unpaired) electrons. The van der Waals surface area contributed by atoms with Gasteiger partial charge in [-0.3, -0.25) is 0 Å². The molecule has 0 aromatic rings. The Kier molecular flexibility index (Phi) is 3.39. The van der Waals surface area contributed by atoms with Crippen molar-refractivity contribution in [3.63, 3.8) is 0 Å². The minimum Gasteiger partial charge on any atom is -0.385 e. The van der Waals surface area contributed by atoms with Crippen LogP contribution in [0.2, 0.25) is 0 Å². The monoisotopic (exact) mass is 141 g/mol. The van der Waals surface area contributed by atoms with Crippen LogP contribution in [0.3, 0.4) is 0 Å². The summed E-state index contributed by atoms with van der Waals surface area (Å²) < 4.78 is 0.